The number of rotatable bonds is 3. The van der Waals surface area contributed by atoms with Gasteiger partial charge in [0.05, 0.1) is 0 Å². The van der Waals surface area contributed by atoms with E-state index < -0.39 is 17.7 Å². The summed E-state index contributed by atoms with van der Waals surface area (Å²) in [7, 11) is 0. The minimum atomic E-state index is -1.28. The average molecular weight is 305 g/mol. The molecule has 0 radical (unpaired) electrons. The van der Waals surface area contributed by atoms with Gasteiger partial charge in [-0.2, -0.15) is 0 Å². The molecule has 0 atom stereocenters. The van der Waals surface area contributed by atoms with Gasteiger partial charge in [0, 0.05) is 27.0 Å². The van der Waals surface area contributed by atoms with Crippen molar-refractivity contribution in [2.75, 3.05) is 10.6 Å². The SMILES string of the molecule is CC(=O)Nc1cccc(NC=C2C(=O)OC(C)(C)OC2=O)n1. The van der Waals surface area contributed by atoms with Crippen LogP contribution in [-0.2, 0) is 23.9 Å². The van der Waals surface area contributed by atoms with Gasteiger partial charge in [0.25, 0.3) is 5.79 Å². The Morgan fingerprint density at radius 2 is 1.77 bits per heavy atom. The largest absolute Gasteiger partial charge is 0.419 e. The smallest absolute Gasteiger partial charge is 0.350 e. The first-order chi connectivity index (χ1) is 10.3. The molecule has 2 N–H and O–H groups in total. The summed E-state index contributed by atoms with van der Waals surface area (Å²) in [4.78, 5) is 38.5. The predicted octanol–water partition coefficient (Wildman–Crippen LogP) is 1.17. The summed E-state index contributed by atoms with van der Waals surface area (Å²) < 4.78 is 9.91. The second-order valence-corrected chi connectivity index (χ2v) is 4.97. The summed E-state index contributed by atoms with van der Waals surface area (Å²) in [6, 6.07) is 4.86. The molecule has 0 saturated carbocycles. The van der Waals surface area contributed by atoms with Crippen LogP contribution >= 0.6 is 0 Å². The number of carbonyl (C=O) groups is 3. The summed E-state index contributed by atoms with van der Waals surface area (Å²) in [5, 5.41) is 5.21. The molecule has 1 aliphatic heterocycles. The fraction of sp³-hybridized carbons (Fsp3) is 0.286. The molecule has 0 unspecified atom stereocenters. The Kier molecular flexibility index (Phi) is 4.11. The van der Waals surface area contributed by atoms with Crippen molar-refractivity contribution in [2.24, 2.45) is 0 Å². The predicted molar refractivity (Wildman–Crippen MR) is 76.5 cm³/mol. The van der Waals surface area contributed by atoms with Gasteiger partial charge in [-0.05, 0) is 12.1 Å². The van der Waals surface area contributed by atoms with Gasteiger partial charge in [0.2, 0.25) is 5.91 Å². The number of cyclic esters (lactones) is 2. The first-order valence-electron chi connectivity index (χ1n) is 6.45. The van der Waals surface area contributed by atoms with Crippen LogP contribution in [0.4, 0.5) is 11.6 Å². The van der Waals surface area contributed by atoms with Gasteiger partial charge in [-0.1, -0.05) is 6.07 Å². The van der Waals surface area contributed by atoms with E-state index in [9.17, 15) is 14.4 Å². The summed E-state index contributed by atoms with van der Waals surface area (Å²) >= 11 is 0. The number of anilines is 2. The Balaban J connectivity index is 2.13. The van der Waals surface area contributed by atoms with Crippen LogP contribution in [-0.4, -0.2) is 28.6 Å². The third-order valence-electron chi connectivity index (χ3n) is 2.53. The van der Waals surface area contributed by atoms with Crippen molar-refractivity contribution in [3.8, 4) is 0 Å². The highest BCUT2D eigenvalue weighted by Crippen LogP contribution is 2.22. The van der Waals surface area contributed by atoms with Gasteiger partial charge in [0.15, 0.2) is 5.57 Å². The van der Waals surface area contributed by atoms with Crippen LogP contribution in [0.1, 0.15) is 20.8 Å². The molecule has 0 bridgehead atoms. The summed E-state index contributed by atoms with van der Waals surface area (Å²) in [6.45, 7) is 4.29. The second kappa shape index (κ2) is 5.84. The second-order valence-electron chi connectivity index (χ2n) is 4.97. The van der Waals surface area contributed by atoms with Crippen LogP contribution in [0.5, 0.6) is 0 Å². The molecule has 2 heterocycles. The molecule has 1 saturated heterocycles. The normalized spacial score (nSPS) is 16.4. The zero-order valence-corrected chi connectivity index (χ0v) is 12.3. The molecule has 0 spiro atoms. The molecule has 1 fully saturated rings. The zero-order chi connectivity index (χ0) is 16.3. The van der Waals surface area contributed by atoms with Crippen molar-refractivity contribution in [1.29, 1.82) is 0 Å². The maximum absolute atomic E-state index is 11.7. The first kappa shape index (κ1) is 15.5. The van der Waals surface area contributed by atoms with Crippen LogP contribution in [0.25, 0.3) is 0 Å². The molecule has 22 heavy (non-hydrogen) atoms. The number of esters is 2. The number of nitrogens with one attached hydrogen (secondary N) is 2. The highest BCUT2D eigenvalue weighted by molar-refractivity contribution is 6.15. The van der Waals surface area contributed by atoms with E-state index in [1.54, 1.807) is 18.2 Å². The van der Waals surface area contributed by atoms with Crippen molar-refractivity contribution in [3.05, 3.63) is 30.0 Å². The first-order valence-corrected chi connectivity index (χ1v) is 6.45. The number of ether oxygens (including phenoxy) is 2. The van der Waals surface area contributed by atoms with E-state index in [1.807, 2.05) is 0 Å². The molecule has 116 valence electrons. The quantitative estimate of drug-likeness (QED) is 0.490. The molecule has 1 aromatic heterocycles. The third-order valence-corrected chi connectivity index (χ3v) is 2.53. The lowest BCUT2D eigenvalue weighted by Crippen LogP contribution is -2.42. The Bertz CT molecular complexity index is 644. The van der Waals surface area contributed by atoms with E-state index in [0.717, 1.165) is 6.20 Å². The van der Waals surface area contributed by atoms with E-state index in [2.05, 4.69) is 15.6 Å². The lowest BCUT2D eigenvalue weighted by Gasteiger charge is -2.29. The Morgan fingerprint density at radius 3 is 2.36 bits per heavy atom. The van der Waals surface area contributed by atoms with Crippen molar-refractivity contribution in [2.45, 2.75) is 26.6 Å². The number of hydrogen-bond acceptors (Lipinski definition) is 7. The lowest BCUT2D eigenvalue weighted by atomic mass is 10.2. The van der Waals surface area contributed by atoms with Crippen LogP contribution < -0.4 is 10.6 Å². The highest BCUT2D eigenvalue weighted by atomic mass is 16.7. The van der Waals surface area contributed by atoms with Gasteiger partial charge in [-0.25, -0.2) is 14.6 Å². The van der Waals surface area contributed by atoms with E-state index in [4.69, 9.17) is 9.47 Å². The molecule has 0 aliphatic carbocycles. The molecular weight excluding hydrogens is 290 g/mol. The highest BCUT2D eigenvalue weighted by Gasteiger charge is 2.38. The standard InChI is InChI=1S/C14H15N3O5/c1-8(18)16-11-6-4-5-10(17-11)15-7-9-12(19)21-14(2,3)22-13(9)20/h4-7H,1-3H3,(H2,15,16,17,18). The summed E-state index contributed by atoms with van der Waals surface area (Å²) in [6.07, 6.45) is 1.15. The average Bonchev–Trinajstić information content (AvgIpc) is 2.35. The van der Waals surface area contributed by atoms with Crippen LogP contribution in [0, 0.1) is 0 Å². The van der Waals surface area contributed by atoms with E-state index in [-0.39, 0.29) is 11.5 Å². The van der Waals surface area contributed by atoms with Crippen LogP contribution in [0.3, 0.4) is 0 Å². The topological polar surface area (TPSA) is 107 Å². The molecule has 1 amide bonds. The molecule has 1 aliphatic rings. The maximum atomic E-state index is 11.7. The fourth-order valence-electron chi connectivity index (χ4n) is 1.69. The molecule has 2 rings (SSSR count). The van der Waals surface area contributed by atoms with Crippen molar-refractivity contribution < 1.29 is 23.9 Å². The van der Waals surface area contributed by atoms with Gasteiger partial charge >= 0.3 is 11.9 Å². The van der Waals surface area contributed by atoms with Gasteiger partial charge in [-0.3, -0.25) is 4.79 Å². The Hall–Kier alpha value is -2.90. The van der Waals surface area contributed by atoms with Crippen molar-refractivity contribution in [3.63, 3.8) is 0 Å². The fourth-order valence-corrected chi connectivity index (χ4v) is 1.69. The van der Waals surface area contributed by atoms with E-state index in [0.29, 0.717) is 11.6 Å². The number of pyridine rings is 1. The number of amides is 1. The Labute approximate surface area is 126 Å². The number of hydrogen-bond donors (Lipinski definition) is 2. The van der Waals surface area contributed by atoms with Gasteiger partial charge in [-0.15, -0.1) is 0 Å². The minimum Gasteiger partial charge on any atom is -0.419 e. The number of nitrogens with zero attached hydrogens (tertiary/aromatic N) is 1. The van der Waals surface area contributed by atoms with Gasteiger partial charge in [0.1, 0.15) is 11.6 Å². The summed E-state index contributed by atoms with van der Waals surface area (Å²) in [5.74, 6) is -2.44. The monoisotopic (exact) mass is 305 g/mol. The molecular formula is C14H15N3O5. The van der Waals surface area contributed by atoms with Crippen LogP contribution in [0.15, 0.2) is 30.0 Å². The third kappa shape index (κ3) is 3.81. The molecule has 0 aromatic carbocycles. The molecule has 1 aromatic rings. The number of aromatic nitrogens is 1. The number of carbonyl (C=O) groups excluding carboxylic acids is 3. The molecule has 8 heteroatoms. The maximum Gasteiger partial charge on any atom is 0.350 e. The Morgan fingerprint density at radius 1 is 1.18 bits per heavy atom. The zero-order valence-electron chi connectivity index (χ0n) is 12.3. The van der Waals surface area contributed by atoms with E-state index in [1.165, 1.54) is 20.8 Å². The lowest BCUT2D eigenvalue weighted by molar-refractivity contribution is -0.222. The van der Waals surface area contributed by atoms with Gasteiger partial charge < -0.3 is 20.1 Å². The van der Waals surface area contributed by atoms with Crippen LogP contribution in [0.2, 0.25) is 0 Å². The van der Waals surface area contributed by atoms with Crippen molar-refractivity contribution in [1.82, 2.24) is 4.98 Å². The minimum absolute atomic E-state index is 0.260. The summed E-state index contributed by atoms with van der Waals surface area (Å²) in [5.41, 5.74) is -0.272. The van der Waals surface area contributed by atoms with Crippen molar-refractivity contribution >= 4 is 29.5 Å². The van der Waals surface area contributed by atoms with E-state index >= 15 is 0 Å². The molecule has 8 nitrogen and oxygen atoms in total.